The van der Waals surface area contributed by atoms with Crippen LogP contribution in [0.3, 0.4) is 0 Å². The Hall–Kier alpha value is -1.56. The van der Waals surface area contributed by atoms with E-state index in [1.54, 1.807) is 17.8 Å². The van der Waals surface area contributed by atoms with Crippen molar-refractivity contribution < 1.29 is 14.4 Å². The molecule has 0 aliphatic heterocycles. The molecular formula is C21H26ClNO3S. The first-order valence-corrected chi connectivity index (χ1v) is 10.6. The summed E-state index contributed by atoms with van der Waals surface area (Å²) in [5.41, 5.74) is 3.68. The fourth-order valence-electron chi connectivity index (χ4n) is 3.04. The van der Waals surface area contributed by atoms with Gasteiger partial charge in [0.05, 0.1) is 17.9 Å². The summed E-state index contributed by atoms with van der Waals surface area (Å²) in [6.45, 7) is 5.90. The Labute approximate surface area is 170 Å². The van der Waals surface area contributed by atoms with Crippen LogP contribution in [0.5, 0.6) is 0 Å². The standard InChI is InChI=1S/C21H26ClNO3S/c1-3-5-18(23-26-11-4-2)21-19(24)13-15(14-20(21)25)10-12-27-17-8-6-16(22)7-9-17/h4,6-9,15,23H,2-3,5,10-14H2,1H3. The number of ketones is 2. The Morgan fingerprint density at radius 2 is 1.96 bits per heavy atom. The third-order valence-corrected chi connectivity index (χ3v) is 5.61. The largest absolute Gasteiger partial charge is 0.294 e. The quantitative estimate of drug-likeness (QED) is 0.145. The Morgan fingerprint density at radius 3 is 2.56 bits per heavy atom. The number of halogens is 1. The Kier molecular flexibility index (Phi) is 9.11. The van der Waals surface area contributed by atoms with Gasteiger partial charge in [0.15, 0.2) is 11.6 Å². The molecule has 1 aromatic carbocycles. The number of hydroxylamine groups is 1. The maximum absolute atomic E-state index is 12.6. The third kappa shape index (κ3) is 6.83. The van der Waals surface area contributed by atoms with Crippen LogP contribution in [0.25, 0.3) is 0 Å². The smallest absolute Gasteiger partial charge is 0.168 e. The van der Waals surface area contributed by atoms with Crippen LogP contribution in [-0.4, -0.2) is 23.9 Å². The van der Waals surface area contributed by atoms with Gasteiger partial charge >= 0.3 is 0 Å². The first-order valence-electron chi connectivity index (χ1n) is 9.21. The maximum Gasteiger partial charge on any atom is 0.168 e. The molecule has 1 fully saturated rings. The maximum atomic E-state index is 12.6. The lowest BCUT2D eigenvalue weighted by Crippen LogP contribution is -2.30. The highest BCUT2D eigenvalue weighted by atomic mass is 35.5. The molecule has 0 bridgehead atoms. The summed E-state index contributed by atoms with van der Waals surface area (Å²) < 4.78 is 0. The van der Waals surface area contributed by atoms with E-state index in [2.05, 4.69) is 12.1 Å². The van der Waals surface area contributed by atoms with Crippen LogP contribution in [0.15, 0.2) is 53.1 Å². The molecular weight excluding hydrogens is 382 g/mol. The van der Waals surface area contributed by atoms with E-state index in [1.807, 2.05) is 31.2 Å². The number of hydrogen-bond donors (Lipinski definition) is 1. The van der Waals surface area contributed by atoms with Crippen molar-refractivity contribution in [2.24, 2.45) is 5.92 Å². The van der Waals surface area contributed by atoms with Gasteiger partial charge in [-0.25, -0.2) is 0 Å². The second-order valence-corrected chi connectivity index (χ2v) is 8.12. The van der Waals surface area contributed by atoms with Crippen LogP contribution < -0.4 is 5.48 Å². The van der Waals surface area contributed by atoms with Gasteiger partial charge < -0.3 is 0 Å². The van der Waals surface area contributed by atoms with E-state index in [9.17, 15) is 9.59 Å². The minimum atomic E-state index is -0.0779. The Balaban J connectivity index is 1.93. The molecule has 6 heteroatoms. The summed E-state index contributed by atoms with van der Waals surface area (Å²) >= 11 is 7.61. The fourth-order valence-corrected chi connectivity index (χ4v) is 4.18. The predicted octanol–water partition coefficient (Wildman–Crippen LogP) is 5.13. The van der Waals surface area contributed by atoms with Crippen molar-refractivity contribution in [1.82, 2.24) is 5.48 Å². The monoisotopic (exact) mass is 407 g/mol. The lowest BCUT2D eigenvalue weighted by atomic mass is 9.81. The predicted molar refractivity (Wildman–Crippen MR) is 111 cm³/mol. The SMILES string of the molecule is C=CCONC(CCC)=C1C(=O)CC(CCSc2ccc(Cl)cc2)CC1=O. The topological polar surface area (TPSA) is 55.4 Å². The zero-order valence-corrected chi connectivity index (χ0v) is 17.2. The van der Waals surface area contributed by atoms with Gasteiger partial charge in [-0.2, -0.15) is 0 Å². The molecule has 1 aromatic rings. The van der Waals surface area contributed by atoms with Gasteiger partial charge in [-0.15, -0.1) is 18.3 Å². The summed E-state index contributed by atoms with van der Waals surface area (Å²) in [5.74, 6) is 0.816. The molecule has 146 valence electrons. The molecule has 4 nitrogen and oxygen atoms in total. The van der Waals surface area contributed by atoms with Crippen molar-refractivity contribution in [3.8, 4) is 0 Å². The average Bonchev–Trinajstić information content (AvgIpc) is 2.63. The molecule has 1 aliphatic carbocycles. The van der Waals surface area contributed by atoms with E-state index < -0.39 is 0 Å². The van der Waals surface area contributed by atoms with E-state index in [-0.39, 0.29) is 17.5 Å². The Bertz CT molecular complexity index is 680. The van der Waals surface area contributed by atoms with Crippen LogP contribution in [0.1, 0.15) is 39.0 Å². The second-order valence-electron chi connectivity index (χ2n) is 6.52. The number of rotatable bonds is 10. The van der Waals surface area contributed by atoms with Crippen molar-refractivity contribution in [2.75, 3.05) is 12.4 Å². The first-order chi connectivity index (χ1) is 13.0. The van der Waals surface area contributed by atoms with Crippen LogP contribution in [0.2, 0.25) is 5.02 Å². The van der Waals surface area contributed by atoms with Crippen LogP contribution in [0, 0.1) is 5.92 Å². The van der Waals surface area contributed by atoms with Gasteiger partial charge in [0, 0.05) is 22.8 Å². The summed E-state index contributed by atoms with van der Waals surface area (Å²) in [4.78, 5) is 31.6. The zero-order chi connectivity index (χ0) is 19.6. The number of thioether (sulfide) groups is 1. The minimum absolute atomic E-state index is 0.0779. The fraction of sp³-hybridized carbons (Fsp3) is 0.429. The van der Waals surface area contributed by atoms with Crippen LogP contribution >= 0.6 is 23.4 Å². The van der Waals surface area contributed by atoms with Crippen molar-refractivity contribution in [1.29, 1.82) is 0 Å². The zero-order valence-electron chi connectivity index (χ0n) is 15.6. The van der Waals surface area contributed by atoms with E-state index in [4.69, 9.17) is 16.4 Å². The number of nitrogens with one attached hydrogen (secondary N) is 1. The average molecular weight is 408 g/mol. The molecule has 0 aromatic heterocycles. The van der Waals surface area contributed by atoms with Crippen molar-refractivity contribution in [2.45, 2.75) is 43.9 Å². The molecule has 0 heterocycles. The molecule has 0 spiro atoms. The lowest BCUT2D eigenvalue weighted by molar-refractivity contribution is -0.125. The molecule has 0 atom stereocenters. The van der Waals surface area contributed by atoms with Crippen LogP contribution in [0.4, 0.5) is 0 Å². The molecule has 1 saturated carbocycles. The first kappa shape index (κ1) is 21.7. The molecule has 0 saturated heterocycles. The normalized spacial score (nSPS) is 17.1. The van der Waals surface area contributed by atoms with E-state index in [1.165, 1.54) is 0 Å². The minimum Gasteiger partial charge on any atom is -0.294 e. The number of hydrogen-bond acceptors (Lipinski definition) is 5. The summed E-state index contributed by atoms with van der Waals surface area (Å²) in [5, 5.41) is 0.718. The molecule has 1 N–H and O–H groups in total. The third-order valence-electron chi connectivity index (χ3n) is 4.31. The van der Waals surface area contributed by atoms with Crippen molar-refractivity contribution >= 4 is 34.9 Å². The number of carbonyl (C=O) groups excluding carboxylic acids is 2. The van der Waals surface area contributed by atoms with Gasteiger partial charge in [0.2, 0.25) is 0 Å². The van der Waals surface area contributed by atoms with E-state index >= 15 is 0 Å². The van der Waals surface area contributed by atoms with Gasteiger partial charge in [-0.3, -0.25) is 19.9 Å². The summed E-state index contributed by atoms with van der Waals surface area (Å²) in [6, 6.07) is 7.70. The summed E-state index contributed by atoms with van der Waals surface area (Å²) in [7, 11) is 0. The molecule has 1 aliphatic rings. The second kappa shape index (κ2) is 11.3. The number of allylic oxidation sites excluding steroid dienone is 2. The van der Waals surface area contributed by atoms with E-state index in [0.717, 1.165) is 28.5 Å². The van der Waals surface area contributed by atoms with E-state index in [0.29, 0.717) is 37.1 Å². The van der Waals surface area contributed by atoms with Gasteiger partial charge in [0.1, 0.15) is 0 Å². The van der Waals surface area contributed by atoms with Crippen molar-refractivity contribution in [3.05, 3.63) is 53.2 Å². The van der Waals surface area contributed by atoms with Crippen LogP contribution in [-0.2, 0) is 14.4 Å². The van der Waals surface area contributed by atoms with Gasteiger partial charge in [-0.05, 0) is 48.8 Å². The molecule has 0 radical (unpaired) electrons. The lowest BCUT2D eigenvalue weighted by Gasteiger charge is -2.24. The molecule has 27 heavy (non-hydrogen) atoms. The van der Waals surface area contributed by atoms with Crippen molar-refractivity contribution in [3.63, 3.8) is 0 Å². The highest BCUT2D eigenvalue weighted by Crippen LogP contribution is 2.30. The molecule has 0 unspecified atom stereocenters. The highest BCUT2D eigenvalue weighted by molar-refractivity contribution is 7.99. The molecule has 2 rings (SSSR count). The highest BCUT2D eigenvalue weighted by Gasteiger charge is 2.32. The molecule has 0 amide bonds. The number of Topliss-reactive ketones (excluding diaryl/α,β-unsaturated/α-hetero) is 2. The summed E-state index contributed by atoms with van der Waals surface area (Å²) in [6.07, 6.45) is 4.71. The number of benzene rings is 1. The van der Waals surface area contributed by atoms with Gasteiger partial charge in [0.25, 0.3) is 0 Å². The Morgan fingerprint density at radius 1 is 1.30 bits per heavy atom. The van der Waals surface area contributed by atoms with Gasteiger partial charge in [-0.1, -0.05) is 31.0 Å². The number of carbonyl (C=O) groups is 2.